The van der Waals surface area contributed by atoms with Gasteiger partial charge in [0.05, 0.1) is 0 Å². The fourth-order valence-electron chi connectivity index (χ4n) is 2.12. The molecule has 0 fully saturated rings. The fourth-order valence-corrected chi connectivity index (χ4v) is 2.12. The van der Waals surface area contributed by atoms with Crippen molar-refractivity contribution in [3.63, 3.8) is 0 Å². The lowest BCUT2D eigenvalue weighted by atomic mass is 10.2. The summed E-state index contributed by atoms with van der Waals surface area (Å²) >= 11 is 0. The summed E-state index contributed by atoms with van der Waals surface area (Å²) in [5, 5.41) is 13.7. The molecule has 0 unspecified atom stereocenters. The van der Waals surface area contributed by atoms with E-state index in [9.17, 15) is 9.59 Å². The van der Waals surface area contributed by atoms with Crippen molar-refractivity contribution < 1.29 is 14.7 Å². The van der Waals surface area contributed by atoms with E-state index >= 15 is 0 Å². The monoisotopic (exact) mass is 263 g/mol. The third-order valence-electron chi connectivity index (χ3n) is 3.07. The van der Waals surface area contributed by atoms with Gasteiger partial charge in [0.1, 0.15) is 5.82 Å². The van der Waals surface area contributed by atoms with Gasteiger partial charge in [-0.3, -0.25) is 10.1 Å². The third kappa shape index (κ3) is 3.94. The number of aromatic nitrogens is 1. The van der Waals surface area contributed by atoms with Gasteiger partial charge in [-0.25, -0.2) is 9.78 Å². The number of carbonyl (C=O) groups excluding carboxylic acids is 1. The van der Waals surface area contributed by atoms with Gasteiger partial charge in [-0.2, -0.15) is 0 Å². The van der Waals surface area contributed by atoms with E-state index in [4.69, 9.17) is 5.11 Å². The lowest BCUT2D eigenvalue weighted by Crippen LogP contribution is -2.30. The van der Waals surface area contributed by atoms with Crippen LogP contribution in [0.2, 0.25) is 0 Å². The number of nitrogens with zero attached hydrogens (tertiary/aromatic N) is 1. The summed E-state index contributed by atoms with van der Waals surface area (Å²) in [6.07, 6.45) is 5.51. The van der Waals surface area contributed by atoms with Gasteiger partial charge in [-0.15, -0.1) is 0 Å². The quantitative estimate of drug-likeness (QED) is 0.703. The van der Waals surface area contributed by atoms with E-state index in [2.05, 4.69) is 15.6 Å². The van der Waals surface area contributed by atoms with Crippen LogP contribution in [0.15, 0.2) is 12.3 Å². The van der Waals surface area contributed by atoms with Crippen LogP contribution in [0.25, 0.3) is 0 Å². The molecule has 0 spiro atoms. The Kier molecular flexibility index (Phi) is 4.33. The van der Waals surface area contributed by atoms with Gasteiger partial charge in [-0.1, -0.05) is 0 Å². The standard InChI is InChI=1S/C13H17N3O3/c17-12(18)5-2-6-14-13(19)16-11-7-9-3-1-4-10(9)8-15-11/h7-8H,1-6H2,(H,17,18)(H2,14,15,16,19). The maximum absolute atomic E-state index is 11.5. The Bertz CT molecular complexity index is 488. The van der Waals surface area contributed by atoms with Crippen LogP contribution < -0.4 is 10.6 Å². The number of anilines is 1. The van der Waals surface area contributed by atoms with Gasteiger partial charge in [0, 0.05) is 19.2 Å². The van der Waals surface area contributed by atoms with Crippen LogP contribution in [0.3, 0.4) is 0 Å². The summed E-state index contributed by atoms with van der Waals surface area (Å²) in [5.41, 5.74) is 2.50. The summed E-state index contributed by atoms with van der Waals surface area (Å²) in [7, 11) is 0. The maximum atomic E-state index is 11.5. The van der Waals surface area contributed by atoms with Crippen molar-refractivity contribution in [1.29, 1.82) is 0 Å². The zero-order chi connectivity index (χ0) is 13.7. The Morgan fingerprint density at radius 2 is 2.11 bits per heavy atom. The first-order valence-corrected chi connectivity index (χ1v) is 6.39. The number of carbonyl (C=O) groups is 2. The largest absolute Gasteiger partial charge is 0.481 e. The molecule has 102 valence electrons. The molecule has 0 bridgehead atoms. The highest BCUT2D eigenvalue weighted by atomic mass is 16.4. The number of urea groups is 1. The Morgan fingerprint density at radius 1 is 1.32 bits per heavy atom. The lowest BCUT2D eigenvalue weighted by molar-refractivity contribution is -0.137. The van der Waals surface area contributed by atoms with E-state index in [1.807, 2.05) is 12.3 Å². The number of hydrogen-bond acceptors (Lipinski definition) is 3. The zero-order valence-corrected chi connectivity index (χ0v) is 10.6. The van der Waals surface area contributed by atoms with E-state index in [0.29, 0.717) is 18.8 Å². The highest BCUT2D eigenvalue weighted by molar-refractivity contribution is 5.88. The molecule has 6 nitrogen and oxygen atoms in total. The Labute approximate surface area is 111 Å². The molecule has 1 aromatic rings. The van der Waals surface area contributed by atoms with Gasteiger partial charge in [0.15, 0.2) is 0 Å². The lowest BCUT2D eigenvalue weighted by Gasteiger charge is -2.07. The topological polar surface area (TPSA) is 91.3 Å². The molecule has 2 amide bonds. The van der Waals surface area contributed by atoms with E-state index in [0.717, 1.165) is 19.3 Å². The van der Waals surface area contributed by atoms with Crippen molar-refractivity contribution in [2.24, 2.45) is 0 Å². The van der Waals surface area contributed by atoms with Gasteiger partial charge >= 0.3 is 12.0 Å². The maximum Gasteiger partial charge on any atom is 0.320 e. The van der Waals surface area contributed by atoms with Crippen LogP contribution >= 0.6 is 0 Å². The number of carboxylic acids is 1. The highest BCUT2D eigenvalue weighted by Crippen LogP contribution is 2.22. The number of amides is 2. The Hall–Kier alpha value is -2.11. The third-order valence-corrected chi connectivity index (χ3v) is 3.07. The molecule has 1 aliphatic carbocycles. The smallest absolute Gasteiger partial charge is 0.320 e. The Morgan fingerprint density at radius 3 is 2.89 bits per heavy atom. The number of aryl methyl sites for hydroxylation is 2. The van der Waals surface area contributed by atoms with Crippen LogP contribution in [0, 0.1) is 0 Å². The normalized spacial score (nSPS) is 12.8. The zero-order valence-electron chi connectivity index (χ0n) is 10.6. The molecule has 0 aromatic carbocycles. The van der Waals surface area contributed by atoms with Gasteiger partial charge in [0.2, 0.25) is 0 Å². The minimum absolute atomic E-state index is 0.0530. The number of carboxylic acid groups (broad SMARTS) is 1. The van der Waals surface area contributed by atoms with Crippen LogP contribution in [-0.4, -0.2) is 28.6 Å². The highest BCUT2D eigenvalue weighted by Gasteiger charge is 2.12. The SMILES string of the molecule is O=C(O)CCCNC(=O)Nc1cc2c(cn1)CCC2. The predicted molar refractivity (Wildman–Crippen MR) is 70.2 cm³/mol. The summed E-state index contributed by atoms with van der Waals surface area (Å²) in [5.74, 6) is -0.320. The molecular weight excluding hydrogens is 246 g/mol. The number of aliphatic carboxylic acids is 1. The Balaban J connectivity index is 1.77. The molecule has 0 saturated carbocycles. The summed E-state index contributed by atoms with van der Waals surface area (Å²) in [6.45, 7) is 0.336. The van der Waals surface area contributed by atoms with Crippen molar-refractivity contribution in [3.05, 3.63) is 23.4 Å². The molecule has 1 aliphatic rings. The van der Waals surface area contributed by atoms with E-state index < -0.39 is 5.97 Å². The first kappa shape index (κ1) is 13.3. The molecular formula is C13H17N3O3. The summed E-state index contributed by atoms with van der Waals surface area (Å²) < 4.78 is 0. The van der Waals surface area contributed by atoms with E-state index in [-0.39, 0.29) is 12.5 Å². The summed E-state index contributed by atoms with van der Waals surface area (Å²) in [6, 6.07) is 1.55. The van der Waals surface area contributed by atoms with E-state index in [1.54, 1.807) is 0 Å². The molecule has 2 rings (SSSR count). The summed E-state index contributed by atoms with van der Waals surface area (Å²) in [4.78, 5) is 26.0. The second kappa shape index (κ2) is 6.17. The van der Waals surface area contributed by atoms with Gasteiger partial charge in [0.25, 0.3) is 0 Å². The molecule has 0 radical (unpaired) electrons. The average Bonchev–Trinajstić information content (AvgIpc) is 2.82. The van der Waals surface area contributed by atoms with Crippen molar-refractivity contribution >= 4 is 17.8 Å². The first-order valence-electron chi connectivity index (χ1n) is 6.39. The van der Waals surface area contributed by atoms with Gasteiger partial charge < -0.3 is 10.4 Å². The van der Waals surface area contributed by atoms with Crippen molar-refractivity contribution in [2.45, 2.75) is 32.1 Å². The molecule has 1 heterocycles. The molecule has 0 atom stereocenters. The van der Waals surface area contributed by atoms with Crippen LogP contribution in [-0.2, 0) is 17.6 Å². The minimum atomic E-state index is -0.859. The molecule has 0 aliphatic heterocycles. The number of pyridine rings is 1. The van der Waals surface area contributed by atoms with Crippen molar-refractivity contribution in [1.82, 2.24) is 10.3 Å². The van der Waals surface area contributed by atoms with Crippen molar-refractivity contribution in [2.75, 3.05) is 11.9 Å². The molecule has 1 aromatic heterocycles. The van der Waals surface area contributed by atoms with Crippen LogP contribution in [0.1, 0.15) is 30.4 Å². The molecule has 0 saturated heterocycles. The second-order valence-electron chi connectivity index (χ2n) is 4.57. The number of nitrogens with one attached hydrogen (secondary N) is 2. The van der Waals surface area contributed by atoms with E-state index in [1.165, 1.54) is 11.1 Å². The van der Waals surface area contributed by atoms with Crippen molar-refractivity contribution in [3.8, 4) is 0 Å². The average molecular weight is 263 g/mol. The first-order chi connectivity index (χ1) is 9.15. The minimum Gasteiger partial charge on any atom is -0.481 e. The van der Waals surface area contributed by atoms with Gasteiger partial charge in [-0.05, 0) is 42.9 Å². The molecule has 19 heavy (non-hydrogen) atoms. The molecule has 3 N–H and O–H groups in total. The number of rotatable bonds is 5. The second-order valence-corrected chi connectivity index (χ2v) is 4.57. The van der Waals surface area contributed by atoms with Crippen LogP contribution in [0.4, 0.5) is 10.6 Å². The number of hydrogen-bond donors (Lipinski definition) is 3. The van der Waals surface area contributed by atoms with Crippen LogP contribution in [0.5, 0.6) is 0 Å². The molecule has 6 heteroatoms. The number of fused-ring (bicyclic) bond motifs is 1. The fraction of sp³-hybridized carbons (Fsp3) is 0.462. The predicted octanol–water partition coefficient (Wildman–Crippen LogP) is 1.56.